The molecular formula is C13H18N2. The van der Waals surface area contributed by atoms with Crippen LogP contribution in [-0.4, -0.2) is 13.1 Å². The third kappa shape index (κ3) is 2.99. The van der Waals surface area contributed by atoms with E-state index in [0.717, 1.165) is 12.1 Å². The van der Waals surface area contributed by atoms with E-state index in [4.69, 9.17) is 5.26 Å². The van der Waals surface area contributed by atoms with Crippen molar-refractivity contribution in [1.82, 2.24) is 0 Å². The third-order valence-corrected chi connectivity index (χ3v) is 2.65. The molecule has 80 valence electrons. The lowest BCUT2D eigenvalue weighted by Crippen LogP contribution is -2.26. The summed E-state index contributed by atoms with van der Waals surface area (Å²) in [6, 6.07) is 10.6. The molecule has 1 unspecified atom stereocenters. The highest BCUT2D eigenvalue weighted by Gasteiger charge is 2.07. The maximum absolute atomic E-state index is 8.81. The highest BCUT2D eigenvalue weighted by atomic mass is 15.1. The van der Waals surface area contributed by atoms with E-state index in [2.05, 4.69) is 37.3 Å². The van der Waals surface area contributed by atoms with Crippen molar-refractivity contribution in [3.05, 3.63) is 29.8 Å². The van der Waals surface area contributed by atoms with Crippen molar-refractivity contribution in [1.29, 1.82) is 5.26 Å². The van der Waals surface area contributed by atoms with E-state index in [9.17, 15) is 0 Å². The van der Waals surface area contributed by atoms with Gasteiger partial charge < -0.3 is 4.90 Å². The lowest BCUT2D eigenvalue weighted by molar-refractivity contribution is 0.834. The van der Waals surface area contributed by atoms with Gasteiger partial charge in [-0.2, -0.15) is 5.26 Å². The van der Waals surface area contributed by atoms with Crippen LogP contribution >= 0.6 is 0 Å². The molecule has 0 aromatic heterocycles. The normalized spacial score (nSPS) is 11.9. The van der Waals surface area contributed by atoms with E-state index in [0.29, 0.717) is 0 Å². The third-order valence-electron chi connectivity index (χ3n) is 2.65. The number of hydrogen-bond donors (Lipinski definition) is 0. The number of nitriles is 1. The Morgan fingerprint density at radius 2 is 1.93 bits per heavy atom. The summed E-state index contributed by atoms with van der Waals surface area (Å²) in [6.07, 6.45) is 2.29. The number of hydrogen-bond acceptors (Lipinski definition) is 2. The van der Waals surface area contributed by atoms with Crippen molar-refractivity contribution in [3.63, 3.8) is 0 Å². The summed E-state index contributed by atoms with van der Waals surface area (Å²) in [5.74, 6) is 0. The Morgan fingerprint density at radius 3 is 2.40 bits per heavy atom. The maximum atomic E-state index is 8.81. The molecule has 0 spiro atoms. The predicted octanol–water partition coefficient (Wildman–Crippen LogP) is 2.99. The van der Waals surface area contributed by atoms with Gasteiger partial charge in [-0.1, -0.05) is 25.5 Å². The van der Waals surface area contributed by atoms with Crippen molar-refractivity contribution < 1.29 is 0 Å². The second-order valence-electron chi connectivity index (χ2n) is 3.83. The number of rotatable bonds is 4. The molecule has 0 aliphatic carbocycles. The summed E-state index contributed by atoms with van der Waals surface area (Å²) in [6.45, 7) is 4.08. The molecule has 0 saturated heterocycles. The van der Waals surface area contributed by atoms with Crippen molar-refractivity contribution >= 4 is 5.69 Å². The molecule has 1 aromatic carbocycles. The minimum absolute atomic E-state index is 0.0815. The minimum atomic E-state index is -0.0815. The smallest absolute Gasteiger partial charge is 0.113 e. The van der Waals surface area contributed by atoms with E-state index < -0.39 is 0 Å². The van der Waals surface area contributed by atoms with E-state index in [1.165, 1.54) is 12.0 Å². The lowest BCUT2D eigenvalue weighted by Gasteiger charge is -2.21. The Bertz CT molecular complexity index is 335. The number of benzene rings is 1. The van der Waals surface area contributed by atoms with Crippen LogP contribution in [0.3, 0.4) is 0 Å². The molecule has 0 saturated carbocycles. The molecule has 1 atom stereocenters. The van der Waals surface area contributed by atoms with Crippen LogP contribution in [0.25, 0.3) is 0 Å². The molecule has 0 aliphatic heterocycles. The van der Waals surface area contributed by atoms with Crippen molar-refractivity contribution in [3.8, 4) is 6.07 Å². The molecule has 2 heteroatoms. The molecule has 2 nitrogen and oxygen atoms in total. The first-order valence-corrected chi connectivity index (χ1v) is 5.40. The monoisotopic (exact) mass is 202 g/mol. The van der Waals surface area contributed by atoms with Gasteiger partial charge in [0.25, 0.3) is 0 Å². The van der Waals surface area contributed by atoms with Crippen LogP contribution in [-0.2, 0) is 6.42 Å². The molecule has 0 fully saturated rings. The summed E-state index contributed by atoms with van der Waals surface area (Å²) in [7, 11) is 1.95. The molecule has 1 aromatic rings. The van der Waals surface area contributed by atoms with Gasteiger partial charge in [-0.15, -0.1) is 0 Å². The molecule has 0 aliphatic rings. The molecule has 0 N–H and O–H groups in total. The van der Waals surface area contributed by atoms with Crippen LogP contribution in [0.5, 0.6) is 0 Å². The fraction of sp³-hybridized carbons (Fsp3) is 0.462. The standard InChI is InChI=1S/C13H18N2/c1-4-5-12-6-8-13(9-7-12)15(3)11(2)10-14/h6-9,11H,4-5H2,1-3H3. The van der Waals surface area contributed by atoms with Gasteiger partial charge in [-0.05, 0) is 31.0 Å². The van der Waals surface area contributed by atoms with Gasteiger partial charge in [0.15, 0.2) is 0 Å². The van der Waals surface area contributed by atoms with Crippen LogP contribution in [0.4, 0.5) is 5.69 Å². The second kappa shape index (κ2) is 5.41. The molecule has 0 bridgehead atoms. The van der Waals surface area contributed by atoms with E-state index >= 15 is 0 Å². The first-order chi connectivity index (χ1) is 7.19. The zero-order valence-electron chi connectivity index (χ0n) is 9.70. The highest BCUT2D eigenvalue weighted by molar-refractivity contribution is 5.48. The molecule has 0 radical (unpaired) electrons. The Morgan fingerprint density at radius 1 is 1.33 bits per heavy atom. The molecule has 15 heavy (non-hydrogen) atoms. The van der Waals surface area contributed by atoms with Gasteiger partial charge in [0.05, 0.1) is 6.07 Å². The zero-order chi connectivity index (χ0) is 11.3. The van der Waals surface area contributed by atoms with Crippen LogP contribution in [0.15, 0.2) is 24.3 Å². The fourth-order valence-electron chi connectivity index (χ4n) is 1.50. The first-order valence-electron chi connectivity index (χ1n) is 5.40. The van der Waals surface area contributed by atoms with Crippen LogP contribution < -0.4 is 4.90 Å². The molecular weight excluding hydrogens is 184 g/mol. The average Bonchev–Trinajstić information content (AvgIpc) is 2.28. The van der Waals surface area contributed by atoms with E-state index in [1.54, 1.807) is 0 Å². The Balaban J connectivity index is 2.76. The molecule has 0 heterocycles. The summed E-state index contributed by atoms with van der Waals surface area (Å²) in [4.78, 5) is 1.98. The quantitative estimate of drug-likeness (QED) is 0.750. The average molecular weight is 202 g/mol. The summed E-state index contributed by atoms with van der Waals surface area (Å²) in [5.41, 5.74) is 2.46. The SMILES string of the molecule is CCCc1ccc(N(C)C(C)C#N)cc1. The molecule has 0 amide bonds. The second-order valence-corrected chi connectivity index (χ2v) is 3.83. The summed E-state index contributed by atoms with van der Waals surface area (Å²) >= 11 is 0. The van der Waals surface area contributed by atoms with E-state index in [1.807, 2.05) is 18.9 Å². The first kappa shape index (κ1) is 11.6. The van der Waals surface area contributed by atoms with Gasteiger partial charge >= 0.3 is 0 Å². The van der Waals surface area contributed by atoms with Gasteiger partial charge in [0.2, 0.25) is 0 Å². The minimum Gasteiger partial charge on any atom is -0.359 e. The van der Waals surface area contributed by atoms with Gasteiger partial charge in [-0.3, -0.25) is 0 Å². The Kier molecular flexibility index (Phi) is 4.17. The Labute approximate surface area is 92.1 Å². The zero-order valence-corrected chi connectivity index (χ0v) is 9.70. The predicted molar refractivity (Wildman–Crippen MR) is 63.9 cm³/mol. The van der Waals surface area contributed by atoms with Gasteiger partial charge in [0.1, 0.15) is 6.04 Å². The van der Waals surface area contributed by atoms with Gasteiger partial charge in [0, 0.05) is 12.7 Å². The fourth-order valence-corrected chi connectivity index (χ4v) is 1.50. The van der Waals surface area contributed by atoms with Crippen LogP contribution in [0.1, 0.15) is 25.8 Å². The van der Waals surface area contributed by atoms with E-state index in [-0.39, 0.29) is 6.04 Å². The lowest BCUT2D eigenvalue weighted by atomic mass is 10.1. The number of anilines is 1. The molecule has 1 rings (SSSR count). The Hall–Kier alpha value is -1.49. The number of aryl methyl sites for hydroxylation is 1. The van der Waals surface area contributed by atoms with Crippen molar-refractivity contribution in [2.24, 2.45) is 0 Å². The van der Waals surface area contributed by atoms with Crippen LogP contribution in [0, 0.1) is 11.3 Å². The van der Waals surface area contributed by atoms with Crippen molar-refractivity contribution in [2.75, 3.05) is 11.9 Å². The highest BCUT2D eigenvalue weighted by Crippen LogP contribution is 2.16. The number of nitrogens with zero attached hydrogens (tertiary/aromatic N) is 2. The topological polar surface area (TPSA) is 27.0 Å². The largest absolute Gasteiger partial charge is 0.359 e. The summed E-state index contributed by atoms with van der Waals surface area (Å²) < 4.78 is 0. The van der Waals surface area contributed by atoms with Gasteiger partial charge in [-0.25, -0.2) is 0 Å². The summed E-state index contributed by atoms with van der Waals surface area (Å²) in [5, 5.41) is 8.81. The van der Waals surface area contributed by atoms with Crippen molar-refractivity contribution in [2.45, 2.75) is 32.7 Å². The maximum Gasteiger partial charge on any atom is 0.113 e. The van der Waals surface area contributed by atoms with Crippen LogP contribution in [0.2, 0.25) is 0 Å².